The number of hydrogen-bond donors (Lipinski definition) is 2. The molecule has 0 aromatic rings. The van der Waals surface area contributed by atoms with Crippen molar-refractivity contribution in [3.8, 4) is 0 Å². The first-order valence-corrected chi connectivity index (χ1v) is 6.35. The first kappa shape index (κ1) is 15.4. The Balaban J connectivity index is 3.58. The molecule has 0 aromatic carbocycles. The third-order valence-electron chi connectivity index (χ3n) is 2.67. The van der Waals surface area contributed by atoms with Gasteiger partial charge in [-0.2, -0.15) is 0 Å². The van der Waals surface area contributed by atoms with Crippen molar-refractivity contribution in [1.29, 1.82) is 0 Å². The molecule has 0 aliphatic carbocycles. The van der Waals surface area contributed by atoms with Crippen LogP contribution in [0.25, 0.3) is 0 Å². The fraction of sp³-hybridized carbons (Fsp3) is 0.917. The molecular weight excluding hydrogens is 204 g/mol. The lowest BCUT2D eigenvalue weighted by atomic mass is 10.1. The quantitative estimate of drug-likeness (QED) is 0.553. The topological polar surface area (TPSA) is 66.6 Å². The first-order valence-electron chi connectivity index (χ1n) is 6.35. The SMILES string of the molecule is CCN(CCCO)C(=O)CCCCCCN. The monoisotopic (exact) mass is 230 g/mol. The molecule has 96 valence electrons. The van der Waals surface area contributed by atoms with Gasteiger partial charge in [0.2, 0.25) is 5.91 Å². The van der Waals surface area contributed by atoms with Gasteiger partial charge in [-0.15, -0.1) is 0 Å². The highest BCUT2D eigenvalue weighted by Gasteiger charge is 2.09. The smallest absolute Gasteiger partial charge is 0.222 e. The third-order valence-corrected chi connectivity index (χ3v) is 2.67. The molecule has 0 saturated carbocycles. The number of amides is 1. The van der Waals surface area contributed by atoms with Crippen molar-refractivity contribution in [2.45, 2.75) is 45.4 Å². The predicted octanol–water partition coefficient (Wildman–Crippen LogP) is 1.13. The molecule has 0 spiro atoms. The summed E-state index contributed by atoms with van der Waals surface area (Å²) >= 11 is 0. The van der Waals surface area contributed by atoms with Crippen molar-refractivity contribution in [1.82, 2.24) is 4.90 Å². The van der Waals surface area contributed by atoms with Gasteiger partial charge in [0.25, 0.3) is 0 Å². The summed E-state index contributed by atoms with van der Waals surface area (Å²) < 4.78 is 0. The maximum absolute atomic E-state index is 11.7. The van der Waals surface area contributed by atoms with Crippen LogP contribution in [0.5, 0.6) is 0 Å². The van der Waals surface area contributed by atoms with E-state index in [4.69, 9.17) is 10.8 Å². The van der Waals surface area contributed by atoms with Crippen LogP contribution >= 0.6 is 0 Å². The molecule has 0 fully saturated rings. The summed E-state index contributed by atoms with van der Waals surface area (Å²) in [6.07, 6.45) is 5.51. The van der Waals surface area contributed by atoms with Crippen LogP contribution in [-0.2, 0) is 4.79 Å². The second kappa shape index (κ2) is 10.9. The molecule has 0 radical (unpaired) electrons. The van der Waals surface area contributed by atoms with Crippen molar-refractivity contribution in [3.05, 3.63) is 0 Å². The minimum Gasteiger partial charge on any atom is -0.396 e. The molecule has 0 saturated heterocycles. The molecule has 0 rings (SSSR count). The summed E-state index contributed by atoms with van der Waals surface area (Å²) in [6, 6.07) is 0. The lowest BCUT2D eigenvalue weighted by molar-refractivity contribution is -0.131. The number of hydrogen-bond acceptors (Lipinski definition) is 3. The number of aliphatic hydroxyl groups excluding tert-OH is 1. The van der Waals surface area contributed by atoms with Crippen molar-refractivity contribution in [2.75, 3.05) is 26.2 Å². The van der Waals surface area contributed by atoms with E-state index in [9.17, 15) is 4.79 Å². The van der Waals surface area contributed by atoms with Gasteiger partial charge in [0.15, 0.2) is 0 Å². The summed E-state index contributed by atoms with van der Waals surface area (Å²) in [5, 5.41) is 8.72. The zero-order valence-electron chi connectivity index (χ0n) is 10.5. The molecule has 0 aromatic heterocycles. The van der Waals surface area contributed by atoms with E-state index in [0.717, 1.165) is 38.8 Å². The van der Waals surface area contributed by atoms with Gasteiger partial charge in [-0.25, -0.2) is 0 Å². The summed E-state index contributed by atoms with van der Waals surface area (Å²) in [4.78, 5) is 13.6. The number of carbonyl (C=O) groups excluding carboxylic acids is 1. The fourth-order valence-electron chi connectivity index (χ4n) is 1.65. The van der Waals surface area contributed by atoms with E-state index in [2.05, 4.69) is 0 Å². The van der Waals surface area contributed by atoms with Crippen LogP contribution in [0.1, 0.15) is 45.4 Å². The van der Waals surface area contributed by atoms with E-state index in [-0.39, 0.29) is 12.5 Å². The number of rotatable bonds is 10. The Bertz CT molecular complexity index is 174. The second-order valence-electron chi connectivity index (χ2n) is 4.00. The Morgan fingerprint density at radius 2 is 1.88 bits per heavy atom. The number of aliphatic hydroxyl groups is 1. The average molecular weight is 230 g/mol. The van der Waals surface area contributed by atoms with Crippen LogP contribution in [0.2, 0.25) is 0 Å². The normalized spacial score (nSPS) is 10.4. The molecule has 0 heterocycles. The van der Waals surface area contributed by atoms with Gasteiger partial charge >= 0.3 is 0 Å². The zero-order chi connectivity index (χ0) is 12.2. The van der Waals surface area contributed by atoms with Crippen LogP contribution in [0.3, 0.4) is 0 Å². The zero-order valence-corrected chi connectivity index (χ0v) is 10.5. The van der Waals surface area contributed by atoms with Crippen LogP contribution in [0, 0.1) is 0 Å². The largest absolute Gasteiger partial charge is 0.396 e. The minimum atomic E-state index is 0.153. The molecular formula is C12H26N2O2. The van der Waals surface area contributed by atoms with Crippen molar-refractivity contribution in [3.63, 3.8) is 0 Å². The number of nitrogens with two attached hydrogens (primary N) is 1. The molecule has 0 unspecified atom stereocenters. The molecule has 0 aliphatic heterocycles. The van der Waals surface area contributed by atoms with Crippen LogP contribution in [0.15, 0.2) is 0 Å². The molecule has 0 aliphatic rings. The van der Waals surface area contributed by atoms with Crippen molar-refractivity contribution >= 4 is 5.91 Å². The predicted molar refractivity (Wildman–Crippen MR) is 66.1 cm³/mol. The Kier molecular flexibility index (Phi) is 10.5. The van der Waals surface area contributed by atoms with Crippen LogP contribution in [-0.4, -0.2) is 42.2 Å². The summed E-state index contributed by atoms with van der Waals surface area (Å²) in [7, 11) is 0. The Labute approximate surface area is 98.8 Å². The number of carbonyl (C=O) groups is 1. The maximum Gasteiger partial charge on any atom is 0.222 e. The van der Waals surface area contributed by atoms with Crippen LogP contribution < -0.4 is 5.73 Å². The molecule has 1 amide bonds. The van der Waals surface area contributed by atoms with Gasteiger partial charge in [-0.3, -0.25) is 4.79 Å². The first-order chi connectivity index (χ1) is 7.76. The van der Waals surface area contributed by atoms with E-state index in [1.54, 1.807) is 0 Å². The standard InChI is InChI=1S/C12H26N2O2/c1-2-14(10-7-11-15)12(16)8-5-3-4-6-9-13/h15H,2-11,13H2,1H3. The average Bonchev–Trinajstić information content (AvgIpc) is 2.30. The van der Waals surface area contributed by atoms with Gasteiger partial charge in [0.1, 0.15) is 0 Å². The Hall–Kier alpha value is -0.610. The maximum atomic E-state index is 11.7. The lowest BCUT2D eigenvalue weighted by Crippen LogP contribution is -2.31. The minimum absolute atomic E-state index is 0.153. The highest BCUT2D eigenvalue weighted by atomic mass is 16.3. The third kappa shape index (κ3) is 7.65. The molecule has 16 heavy (non-hydrogen) atoms. The van der Waals surface area contributed by atoms with Crippen LogP contribution in [0.4, 0.5) is 0 Å². The summed E-state index contributed by atoms with van der Waals surface area (Å²) in [5.41, 5.74) is 5.40. The lowest BCUT2D eigenvalue weighted by Gasteiger charge is -2.20. The van der Waals surface area contributed by atoms with E-state index < -0.39 is 0 Å². The van der Waals surface area contributed by atoms with Gasteiger partial charge in [-0.1, -0.05) is 12.8 Å². The Morgan fingerprint density at radius 3 is 2.44 bits per heavy atom. The summed E-state index contributed by atoms with van der Waals surface area (Å²) in [6.45, 7) is 4.28. The molecule has 4 nitrogen and oxygen atoms in total. The van der Waals surface area contributed by atoms with Gasteiger partial charge in [0, 0.05) is 26.1 Å². The molecule has 0 bridgehead atoms. The second-order valence-corrected chi connectivity index (χ2v) is 4.00. The molecule has 4 heteroatoms. The highest BCUT2D eigenvalue weighted by molar-refractivity contribution is 5.76. The number of unbranched alkanes of at least 4 members (excludes halogenated alkanes) is 3. The fourth-order valence-corrected chi connectivity index (χ4v) is 1.65. The van der Waals surface area contributed by atoms with Gasteiger partial charge in [-0.05, 0) is 32.7 Å². The van der Waals surface area contributed by atoms with E-state index in [1.807, 2.05) is 11.8 Å². The van der Waals surface area contributed by atoms with Gasteiger partial charge in [0.05, 0.1) is 0 Å². The molecule has 0 atom stereocenters. The van der Waals surface area contributed by atoms with E-state index in [1.165, 1.54) is 0 Å². The van der Waals surface area contributed by atoms with Crippen molar-refractivity contribution in [2.24, 2.45) is 5.73 Å². The van der Waals surface area contributed by atoms with Gasteiger partial charge < -0.3 is 15.7 Å². The summed E-state index contributed by atoms with van der Waals surface area (Å²) in [5.74, 6) is 0.212. The van der Waals surface area contributed by atoms with E-state index in [0.29, 0.717) is 19.4 Å². The highest BCUT2D eigenvalue weighted by Crippen LogP contribution is 2.05. The molecule has 3 N–H and O–H groups in total. The number of nitrogens with zero attached hydrogens (tertiary/aromatic N) is 1. The van der Waals surface area contributed by atoms with Crippen molar-refractivity contribution < 1.29 is 9.90 Å². The Morgan fingerprint density at radius 1 is 1.19 bits per heavy atom. The van der Waals surface area contributed by atoms with E-state index >= 15 is 0 Å².